The fraction of sp³-hybridized carbons (Fsp3) is 0.333. The maximum absolute atomic E-state index is 13.6. The Balaban J connectivity index is 1.58. The summed E-state index contributed by atoms with van der Waals surface area (Å²) in [6.45, 7) is 3.74. The van der Waals surface area contributed by atoms with Crippen LogP contribution in [0.4, 0.5) is 11.4 Å². The molecule has 5 rings (SSSR count). The molecule has 0 spiro atoms. The van der Waals surface area contributed by atoms with Crippen LogP contribution < -0.4 is 24.7 Å². The fourth-order valence-electron chi connectivity index (χ4n) is 3.81. The van der Waals surface area contributed by atoms with E-state index in [0.29, 0.717) is 22.2 Å². The van der Waals surface area contributed by atoms with Crippen LogP contribution in [-0.2, 0) is 15.0 Å². The second-order valence-corrected chi connectivity index (χ2v) is 9.14. The predicted molar refractivity (Wildman–Crippen MR) is 110 cm³/mol. The van der Waals surface area contributed by atoms with Gasteiger partial charge >= 0.3 is 0 Å². The smallest absolute Gasteiger partial charge is 0.266 e. The third kappa shape index (κ3) is 3.12. The van der Waals surface area contributed by atoms with Crippen molar-refractivity contribution in [2.45, 2.75) is 0 Å². The zero-order valence-electron chi connectivity index (χ0n) is 15.5. The van der Waals surface area contributed by atoms with Gasteiger partial charge in [0.2, 0.25) is 0 Å². The standard InChI is InChI=1S/C18H20ClN5O4S/c19-13-10-14(22-6-3-20-4-7-22)18-15(11-13)24(8-9-27-18)29(25,26)17-2-1-5-23-16(17)12-21-28-23/h1-2,5,10-12,20-21H,3-4,6-9H2. The van der Waals surface area contributed by atoms with Crippen molar-refractivity contribution in [3.05, 3.63) is 52.3 Å². The van der Waals surface area contributed by atoms with E-state index < -0.39 is 10.0 Å². The maximum Gasteiger partial charge on any atom is 0.266 e. The predicted octanol–water partition coefficient (Wildman–Crippen LogP) is 1.28. The zero-order valence-corrected chi connectivity index (χ0v) is 17.0. The lowest BCUT2D eigenvalue weighted by Gasteiger charge is -2.36. The molecule has 1 fully saturated rings. The monoisotopic (exact) mass is 437 g/mol. The topological polar surface area (TPSA) is 86.4 Å². The number of hydrogen-bond donors (Lipinski definition) is 2. The number of benzene rings is 1. The lowest BCUT2D eigenvalue weighted by Crippen LogP contribution is -2.44. The van der Waals surface area contributed by atoms with Gasteiger partial charge in [-0.2, -0.15) is 4.94 Å². The molecule has 1 aromatic carbocycles. The molecule has 0 unspecified atom stereocenters. The molecule has 0 aliphatic carbocycles. The van der Waals surface area contributed by atoms with Gasteiger partial charge in [-0.3, -0.25) is 4.31 Å². The molecule has 0 saturated carbocycles. The van der Waals surface area contributed by atoms with E-state index >= 15 is 0 Å². The summed E-state index contributed by atoms with van der Waals surface area (Å²) in [6, 6.07) is 3.48. The SMILES string of the molecule is O=S(=O)(C1=CC=CN2ONC=C12)N1CCOc2c(N3CCNCC3)cc(Cl)cc21. The molecule has 11 heteroatoms. The van der Waals surface area contributed by atoms with Crippen molar-refractivity contribution >= 4 is 33.0 Å². The molecule has 2 N–H and O–H groups in total. The zero-order chi connectivity index (χ0) is 20.0. The number of sulfonamides is 1. The number of ether oxygens (including phenoxy) is 1. The van der Waals surface area contributed by atoms with Crippen LogP contribution in [0.5, 0.6) is 5.75 Å². The van der Waals surface area contributed by atoms with Gasteiger partial charge in [0.1, 0.15) is 17.2 Å². The van der Waals surface area contributed by atoms with Crippen LogP contribution in [0.1, 0.15) is 0 Å². The summed E-state index contributed by atoms with van der Waals surface area (Å²) in [5.74, 6) is 0.546. The van der Waals surface area contributed by atoms with Gasteiger partial charge < -0.3 is 15.0 Å². The number of halogens is 1. The summed E-state index contributed by atoms with van der Waals surface area (Å²) in [7, 11) is -3.87. The number of rotatable bonds is 3. The molecule has 4 aliphatic heterocycles. The minimum absolute atomic E-state index is 0.140. The lowest BCUT2D eigenvalue weighted by molar-refractivity contribution is -0.112. The Morgan fingerprint density at radius 1 is 1.10 bits per heavy atom. The number of anilines is 2. The Morgan fingerprint density at radius 2 is 1.90 bits per heavy atom. The van der Waals surface area contributed by atoms with Crippen LogP contribution in [0, 0.1) is 0 Å². The molecule has 0 atom stereocenters. The van der Waals surface area contributed by atoms with E-state index in [1.165, 1.54) is 15.6 Å². The number of nitrogens with one attached hydrogen (secondary N) is 2. The summed E-state index contributed by atoms with van der Waals surface area (Å²) < 4.78 is 34.5. The van der Waals surface area contributed by atoms with Crippen LogP contribution in [0.15, 0.2) is 47.3 Å². The fourth-order valence-corrected chi connectivity index (χ4v) is 5.63. The molecule has 1 saturated heterocycles. The Labute approximate surface area is 173 Å². The van der Waals surface area contributed by atoms with E-state index in [9.17, 15) is 8.42 Å². The van der Waals surface area contributed by atoms with Crippen LogP contribution in [0.25, 0.3) is 0 Å². The number of fused-ring (bicyclic) bond motifs is 2. The van der Waals surface area contributed by atoms with Crippen molar-refractivity contribution in [1.82, 2.24) is 15.9 Å². The largest absolute Gasteiger partial charge is 0.487 e. The molecule has 4 aliphatic rings. The minimum Gasteiger partial charge on any atom is -0.487 e. The first-order valence-electron chi connectivity index (χ1n) is 9.31. The second kappa shape index (κ2) is 7.13. The van der Waals surface area contributed by atoms with E-state index in [2.05, 4.69) is 15.7 Å². The highest BCUT2D eigenvalue weighted by Gasteiger charge is 2.38. The van der Waals surface area contributed by atoms with Crippen molar-refractivity contribution in [1.29, 1.82) is 0 Å². The Morgan fingerprint density at radius 3 is 2.72 bits per heavy atom. The summed E-state index contributed by atoms with van der Waals surface area (Å²) in [5.41, 5.74) is 4.27. The number of piperazine rings is 1. The van der Waals surface area contributed by atoms with Crippen LogP contribution in [0.2, 0.25) is 5.02 Å². The van der Waals surface area contributed by atoms with Crippen molar-refractivity contribution in [3.8, 4) is 5.75 Å². The highest BCUT2D eigenvalue weighted by molar-refractivity contribution is 7.96. The molecule has 0 aromatic heterocycles. The number of allylic oxidation sites excluding steroid dienone is 2. The summed E-state index contributed by atoms with van der Waals surface area (Å²) in [4.78, 5) is 7.48. The quantitative estimate of drug-likeness (QED) is 0.731. The summed E-state index contributed by atoms with van der Waals surface area (Å²) in [6.07, 6.45) is 6.34. The molecular formula is C18H20ClN5O4S. The first kappa shape index (κ1) is 18.6. The number of nitrogens with zero attached hydrogens (tertiary/aromatic N) is 3. The Bertz CT molecular complexity index is 1030. The van der Waals surface area contributed by atoms with Gasteiger partial charge in [0, 0.05) is 37.4 Å². The highest BCUT2D eigenvalue weighted by atomic mass is 35.5. The van der Waals surface area contributed by atoms with Gasteiger partial charge in [-0.1, -0.05) is 11.6 Å². The van der Waals surface area contributed by atoms with Gasteiger partial charge in [-0.25, -0.2) is 19.0 Å². The summed E-state index contributed by atoms with van der Waals surface area (Å²) >= 11 is 6.40. The molecule has 4 heterocycles. The van der Waals surface area contributed by atoms with Crippen molar-refractivity contribution < 1.29 is 18.1 Å². The molecule has 29 heavy (non-hydrogen) atoms. The Kier molecular flexibility index (Phi) is 4.58. The van der Waals surface area contributed by atoms with Gasteiger partial charge in [0.15, 0.2) is 5.75 Å². The lowest BCUT2D eigenvalue weighted by atomic mass is 10.2. The normalized spacial score (nSPS) is 21.1. The molecule has 154 valence electrons. The molecule has 1 aromatic rings. The first-order valence-corrected chi connectivity index (χ1v) is 11.1. The van der Waals surface area contributed by atoms with E-state index in [1.54, 1.807) is 24.4 Å². The second-order valence-electron chi connectivity index (χ2n) is 6.87. The average Bonchev–Trinajstić information content (AvgIpc) is 3.22. The highest BCUT2D eigenvalue weighted by Crippen LogP contribution is 2.45. The van der Waals surface area contributed by atoms with E-state index in [4.69, 9.17) is 21.3 Å². The van der Waals surface area contributed by atoms with Crippen LogP contribution >= 0.6 is 11.6 Å². The van der Waals surface area contributed by atoms with E-state index in [1.807, 2.05) is 6.07 Å². The third-order valence-electron chi connectivity index (χ3n) is 5.16. The Hall–Kier alpha value is -2.40. The van der Waals surface area contributed by atoms with E-state index in [0.717, 1.165) is 31.9 Å². The molecular weight excluding hydrogens is 418 g/mol. The average molecular weight is 438 g/mol. The maximum atomic E-state index is 13.6. The van der Waals surface area contributed by atoms with E-state index in [-0.39, 0.29) is 18.1 Å². The van der Waals surface area contributed by atoms with Crippen LogP contribution in [0.3, 0.4) is 0 Å². The summed E-state index contributed by atoms with van der Waals surface area (Å²) in [5, 5.41) is 5.15. The molecule has 0 bridgehead atoms. The number of hydroxylamine groups is 3. The third-order valence-corrected chi connectivity index (χ3v) is 7.23. The van der Waals surface area contributed by atoms with Crippen molar-refractivity contribution in [2.24, 2.45) is 0 Å². The van der Waals surface area contributed by atoms with Gasteiger partial charge in [-0.15, -0.1) is 0 Å². The van der Waals surface area contributed by atoms with Gasteiger partial charge in [0.05, 0.1) is 24.1 Å². The van der Waals surface area contributed by atoms with Crippen molar-refractivity contribution in [3.63, 3.8) is 0 Å². The molecule has 0 radical (unpaired) electrons. The van der Waals surface area contributed by atoms with Crippen LogP contribution in [-0.4, -0.2) is 52.8 Å². The van der Waals surface area contributed by atoms with Gasteiger partial charge in [-0.05, 0) is 24.3 Å². The minimum atomic E-state index is -3.87. The van der Waals surface area contributed by atoms with Crippen molar-refractivity contribution in [2.75, 3.05) is 48.5 Å². The first-order chi connectivity index (χ1) is 14.1. The number of hydrogen-bond acceptors (Lipinski definition) is 8. The van der Waals surface area contributed by atoms with Gasteiger partial charge in [0.25, 0.3) is 10.0 Å². The molecule has 9 nitrogen and oxygen atoms in total. The molecule has 0 amide bonds.